The molecule has 0 bridgehead atoms. The number of hydrazine groups is 1. The third-order valence-electron chi connectivity index (χ3n) is 9.94. The largest absolute Gasteiger partial charge is 0.458 e. The number of cyclic esters (lactones) is 1. The number of carbonyl (C=O) groups is 1. The summed E-state index contributed by atoms with van der Waals surface area (Å²) in [6.07, 6.45) is 12.3. The third-order valence-corrected chi connectivity index (χ3v) is 10.0. The van der Waals surface area contributed by atoms with Crippen molar-refractivity contribution in [2.45, 2.75) is 70.8 Å². The molecular formula is C24H35N3O3S. The number of thiocarbonyl (C=S) groups is 1. The van der Waals surface area contributed by atoms with Crippen LogP contribution in [0.25, 0.3) is 0 Å². The zero-order valence-corrected chi connectivity index (χ0v) is 19.4. The minimum absolute atomic E-state index is 0.171. The lowest BCUT2D eigenvalue weighted by Crippen LogP contribution is -2.61. The van der Waals surface area contributed by atoms with E-state index >= 15 is 0 Å². The Morgan fingerprint density at radius 3 is 2.71 bits per heavy atom. The average Bonchev–Trinajstić information content (AvgIpc) is 3.26. The molecule has 3 saturated carbocycles. The Bertz CT molecular complexity index is 872. The molecule has 0 unspecified atom stereocenters. The minimum atomic E-state index is -0.656. The first kappa shape index (κ1) is 21.3. The maximum Gasteiger partial charge on any atom is 0.331 e. The molecule has 4 aliphatic carbocycles. The Morgan fingerprint density at radius 2 is 2.00 bits per heavy atom. The van der Waals surface area contributed by atoms with Gasteiger partial charge in [-0.1, -0.05) is 19.9 Å². The van der Waals surface area contributed by atoms with Gasteiger partial charge in [0.05, 0.1) is 5.60 Å². The molecular weight excluding hydrogens is 410 g/mol. The van der Waals surface area contributed by atoms with Crippen molar-refractivity contribution in [2.75, 3.05) is 6.61 Å². The van der Waals surface area contributed by atoms with Gasteiger partial charge in [-0.2, -0.15) is 0 Å². The lowest BCUT2D eigenvalue weighted by molar-refractivity contribution is -0.197. The topological polar surface area (TPSA) is 96.6 Å². The second-order valence-corrected chi connectivity index (χ2v) is 11.4. The number of ether oxygens (including phenoxy) is 1. The number of esters is 1. The maximum atomic E-state index is 12.2. The van der Waals surface area contributed by atoms with Gasteiger partial charge in [0.1, 0.15) is 6.61 Å². The number of rotatable bonds is 3. The molecule has 170 valence electrons. The number of aliphatic hydroxyl groups is 1. The van der Waals surface area contributed by atoms with Crippen LogP contribution in [-0.2, 0) is 9.53 Å². The minimum Gasteiger partial charge on any atom is -0.458 e. The van der Waals surface area contributed by atoms with E-state index in [0.29, 0.717) is 24.4 Å². The summed E-state index contributed by atoms with van der Waals surface area (Å²) in [5.41, 5.74) is 13.3. The van der Waals surface area contributed by atoms with Gasteiger partial charge < -0.3 is 21.0 Å². The van der Waals surface area contributed by atoms with Crippen molar-refractivity contribution >= 4 is 23.3 Å². The van der Waals surface area contributed by atoms with Gasteiger partial charge >= 0.3 is 5.97 Å². The summed E-state index contributed by atoms with van der Waals surface area (Å²) >= 11 is 4.92. The van der Waals surface area contributed by atoms with Crippen molar-refractivity contribution in [1.82, 2.24) is 10.9 Å². The number of allylic oxidation sites excluding steroid dienone is 2. The normalized spacial score (nSPS) is 46.1. The fraction of sp³-hybridized carbons (Fsp3) is 0.750. The first-order valence-corrected chi connectivity index (χ1v) is 12.2. The first-order chi connectivity index (χ1) is 14.7. The van der Waals surface area contributed by atoms with Crippen LogP contribution in [-0.4, -0.2) is 28.4 Å². The first-order valence-electron chi connectivity index (χ1n) is 11.8. The highest BCUT2D eigenvalue weighted by atomic mass is 32.1. The number of hydrogen-bond acceptors (Lipinski definition) is 5. The summed E-state index contributed by atoms with van der Waals surface area (Å²) < 4.78 is 5.23. The lowest BCUT2D eigenvalue weighted by atomic mass is 9.44. The standard InChI is InChI=1S/C24H35N3O3S/c1-22-8-5-16(26-27-21(25)31)12-15(22)3-4-19-18(22)6-9-23(2)17(7-10-24(19,23)29)14-11-20(28)30-13-14/h11-12,15,17-19,26,29H,3-10,13H2,1-2H3,(H3,25,27,31)/t15-,17-,18+,19+,22+,23+,24-/m0/s1. The van der Waals surface area contributed by atoms with E-state index in [0.717, 1.165) is 56.9 Å². The van der Waals surface area contributed by atoms with Gasteiger partial charge in [-0.3, -0.25) is 5.43 Å². The number of nitrogens with two attached hydrogens (primary N) is 1. The molecule has 5 rings (SSSR count). The highest BCUT2D eigenvalue weighted by Gasteiger charge is 2.67. The zero-order valence-electron chi connectivity index (χ0n) is 18.6. The summed E-state index contributed by atoms with van der Waals surface area (Å²) in [5, 5.41) is 12.5. The fourth-order valence-electron chi connectivity index (χ4n) is 8.26. The van der Waals surface area contributed by atoms with Crippen molar-refractivity contribution in [3.05, 3.63) is 23.4 Å². The molecule has 0 aromatic carbocycles. The summed E-state index contributed by atoms with van der Waals surface area (Å²) in [4.78, 5) is 11.7. The van der Waals surface area contributed by atoms with E-state index in [2.05, 4.69) is 30.8 Å². The van der Waals surface area contributed by atoms with E-state index in [-0.39, 0.29) is 27.8 Å². The summed E-state index contributed by atoms with van der Waals surface area (Å²) in [6.45, 7) is 5.14. The van der Waals surface area contributed by atoms with E-state index in [1.807, 2.05) is 0 Å². The summed E-state index contributed by atoms with van der Waals surface area (Å²) in [7, 11) is 0. The fourth-order valence-corrected chi connectivity index (χ4v) is 8.31. The number of fused-ring (bicyclic) bond motifs is 5. The van der Waals surface area contributed by atoms with Gasteiger partial charge in [-0.05, 0) is 98.2 Å². The highest BCUT2D eigenvalue weighted by molar-refractivity contribution is 7.80. The van der Waals surface area contributed by atoms with Crippen LogP contribution in [0.15, 0.2) is 23.4 Å². The Balaban J connectivity index is 1.40. The van der Waals surface area contributed by atoms with Crippen LogP contribution >= 0.6 is 12.2 Å². The molecule has 1 heterocycles. The van der Waals surface area contributed by atoms with Crippen LogP contribution < -0.4 is 16.6 Å². The van der Waals surface area contributed by atoms with Crippen LogP contribution in [0.5, 0.6) is 0 Å². The van der Waals surface area contributed by atoms with E-state index < -0.39 is 5.60 Å². The smallest absolute Gasteiger partial charge is 0.331 e. The molecule has 3 fully saturated rings. The second-order valence-electron chi connectivity index (χ2n) is 11.0. The second kappa shape index (κ2) is 7.20. The van der Waals surface area contributed by atoms with Gasteiger partial charge in [0.25, 0.3) is 0 Å². The predicted molar refractivity (Wildman–Crippen MR) is 122 cm³/mol. The van der Waals surface area contributed by atoms with Crippen molar-refractivity contribution in [1.29, 1.82) is 0 Å². The number of hydrogen-bond donors (Lipinski definition) is 4. The third kappa shape index (κ3) is 3.06. The number of nitrogens with one attached hydrogen (secondary N) is 2. The molecule has 0 amide bonds. The summed E-state index contributed by atoms with van der Waals surface area (Å²) in [5.74, 6) is 1.39. The van der Waals surface area contributed by atoms with Crippen LogP contribution in [0, 0.1) is 34.5 Å². The lowest BCUT2D eigenvalue weighted by Gasteiger charge is -2.63. The van der Waals surface area contributed by atoms with Gasteiger partial charge in [-0.25, -0.2) is 4.79 Å². The average molecular weight is 446 g/mol. The Hall–Kier alpha value is -1.60. The van der Waals surface area contributed by atoms with Crippen molar-refractivity contribution < 1.29 is 14.6 Å². The SMILES string of the molecule is C[C@@]12CCC(NNC(N)=S)=C[C@@H]1CC[C@@H]1[C@H]2CC[C@]2(C)[C@H](C3=CC(=O)OC3)CC[C@]12O. The highest BCUT2D eigenvalue weighted by Crippen LogP contribution is 2.69. The van der Waals surface area contributed by atoms with Crippen LogP contribution in [0.4, 0.5) is 0 Å². The Labute approximate surface area is 190 Å². The Morgan fingerprint density at radius 1 is 1.19 bits per heavy atom. The summed E-state index contributed by atoms with van der Waals surface area (Å²) in [6, 6.07) is 0. The monoisotopic (exact) mass is 445 g/mol. The van der Waals surface area contributed by atoms with Crippen molar-refractivity contribution in [3.8, 4) is 0 Å². The van der Waals surface area contributed by atoms with E-state index in [1.54, 1.807) is 6.08 Å². The molecule has 7 atom stereocenters. The molecule has 7 heteroatoms. The molecule has 6 nitrogen and oxygen atoms in total. The van der Waals surface area contributed by atoms with Gasteiger partial charge in [0, 0.05) is 17.2 Å². The molecule has 1 aliphatic heterocycles. The number of carbonyl (C=O) groups excluding carboxylic acids is 1. The molecule has 0 aromatic rings. The van der Waals surface area contributed by atoms with Crippen LogP contribution in [0.3, 0.4) is 0 Å². The van der Waals surface area contributed by atoms with Gasteiger partial charge in [0.2, 0.25) is 0 Å². The van der Waals surface area contributed by atoms with E-state index in [9.17, 15) is 9.90 Å². The predicted octanol–water partition coefficient (Wildman–Crippen LogP) is 3.08. The van der Waals surface area contributed by atoms with Crippen molar-refractivity contribution in [3.63, 3.8) is 0 Å². The van der Waals surface area contributed by atoms with Gasteiger partial charge in [0.15, 0.2) is 5.11 Å². The van der Waals surface area contributed by atoms with Crippen LogP contribution in [0.1, 0.15) is 65.2 Å². The van der Waals surface area contributed by atoms with E-state index in [1.165, 1.54) is 5.70 Å². The molecule has 5 aliphatic rings. The molecule has 0 saturated heterocycles. The molecule has 0 aromatic heterocycles. The zero-order chi connectivity index (χ0) is 22.0. The van der Waals surface area contributed by atoms with Gasteiger partial charge in [-0.15, -0.1) is 0 Å². The molecule has 31 heavy (non-hydrogen) atoms. The maximum absolute atomic E-state index is 12.2. The molecule has 0 spiro atoms. The molecule has 5 N–H and O–H groups in total. The quantitative estimate of drug-likeness (QED) is 0.301. The van der Waals surface area contributed by atoms with Crippen LogP contribution in [0.2, 0.25) is 0 Å². The molecule has 0 radical (unpaired) electrons. The van der Waals surface area contributed by atoms with Crippen molar-refractivity contribution in [2.24, 2.45) is 40.2 Å². The Kier molecular flexibility index (Phi) is 4.94. The van der Waals surface area contributed by atoms with E-state index in [4.69, 9.17) is 22.7 Å².